The maximum absolute atomic E-state index is 12.7. The standard InChI is InChI=1S/C14H20N4O2/c19-12-11-17(9-10-18-8-4-7-15-18)13(20)14(16-12)5-2-1-3-6-14/h4,7-8H,1-3,5-6,9-11H2,(H,16,19). The van der Waals surface area contributed by atoms with Crippen LogP contribution in [-0.4, -0.2) is 45.1 Å². The molecule has 108 valence electrons. The van der Waals surface area contributed by atoms with Crippen LogP contribution in [0.4, 0.5) is 0 Å². The summed E-state index contributed by atoms with van der Waals surface area (Å²) in [5.41, 5.74) is -0.627. The first-order chi connectivity index (χ1) is 9.70. The fourth-order valence-electron chi connectivity index (χ4n) is 3.24. The molecule has 1 aliphatic heterocycles. The highest BCUT2D eigenvalue weighted by Gasteiger charge is 2.46. The number of carbonyl (C=O) groups is 2. The zero-order chi connectivity index (χ0) is 14.0. The van der Waals surface area contributed by atoms with Gasteiger partial charge >= 0.3 is 0 Å². The zero-order valence-electron chi connectivity index (χ0n) is 11.5. The third kappa shape index (κ3) is 2.42. The Labute approximate surface area is 118 Å². The van der Waals surface area contributed by atoms with Crippen LogP contribution in [0, 0.1) is 0 Å². The van der Waals surface area contributed by atoms with E-state index in [4.69, 9.17) is 0 Å². The largest absolute Gasteiger partial charge is 0.340 e. The number of hydrogen-bond acceptors (Lipinski definition) is 3. The van der Waals surface area contributed by atoms with Gasteiger partial charge in [-0.2, -0.15) is 5.10 Å². The maximum Gasteiger partial charge on any atom is 0.248 e. The molecule has 0 aromatic carbocycles. The summed E-state index contributed by atoms with van der Waals surface area (Å²) in [6.07, 6.45) is 8.31. The predicted molar refractivity (Wildman–Crippen MR) is 72.8 cm³/mol. The highest BCUT2D eigenvalue weighted by molar-refractivity contribution is 5.98. The lowest BCUT2D eigenvalue weighted by molar-refractivity contribution is -0.151. The minimum Gasteiger partial charge on any atom is -0.340 e. The summed E-state index contributed by atoms with van der Waals surface area (Å²) in [6.45, 7) is 1.33. The van der Waals surface area contributed by atoms with Gasteiger partial charge in [0.05, 0.1) is 13.1 Å². The summed E-state index contributed by atoms with van der Waals surface area (Å²) in [5.74, 6) is 0.0518. The van der Waals surface area contributed by atoms with Crippen LogP contribution >= 0.6 is 0 Å². The Morgan fingerprint density at radius 2 is 2.00 bits per heavy atom. The van der Waals surface area contributed by atoms with Crippen molar-refractivity contribution < 1.29 is 9.59 Å². The summed E-state index contributed by atoms with van der Waals surface area (Å²) in [6, 6.07) is 1.85. The number of rotatable bonds is 3. The molecule has 1 aliphatic carbocycles. The molecule has 0 radical (unpaired) electrons. The van der Waals surface area contributed by atoms with Gasteiger partial charge in [0, 0.05) is 18.9 Å². The van der Waals surface area contributed by atoms with Crippen molar-refractivity contribution in [1.82, 2.24) is 20.0 Å². The lowest BCUT2D eigenvalue weighted by Gasteiger charge is -2.44. The van der Waals surface area contributed by atoms with Crippen LogP contribution in [-0.2, 0) is 16.1 Å². The first-order valence-electron chi connectivity index (χ1n) is 7.27. The first-order valence-corrected chi connectivity index (χ1v) is 7.27. The Hall–Kier alpha value is -1.85. The average Bonchev–Trinajstić information content (AvgIpc) is 2.95. The summed E-state index contributed by atoms with van der Waals surface area (Å²) < 4.78 is 1.79. The van der Waals surface area contributed by atoms with Gasteiger partial charge in [-0.15, -0.1) is 0 Å². The van der Waals surface area contributed by atoms with E-state index in [0.717, 1.165) is 32.1 Å². The van der Waals surface area contributed by atoms with Gasteiger partial charge in [-0.25, -0.2) is 0 Å². The van der Waals surface area contributed by atoms with Gasteiger partial charge in [0.15, 0.2) is 0 Å². The normalized spacial score (nSPS) is 22.1. The molecule has 20 heavy (non-hydrogen) atoms. The van der Waals surface area contributed by atoms with Crippen LogP contribution in [0.1, 0.15) is 32.1 Å². The van der Waals surface area contributed by atoms with Gasteiger partial charge in [-0.1, -0.05) is 19.3 Å². The van der Waals surface area contributed by atoms with E-state index < -0.39 is 5.54 Å². The quantitative estimate of drug-likeness (QED) is 0.876. The smallest absolute Gasteiger partial charge is 0.248 e. The van der Waals surface area contributed by atoms with Crippen molar-refractivity contribution in [2.75, 3.05) is 13.1 Å². The molecular weight excluding hydrogens is 256 g/mol. The molecule has 2 fully saturated rings. The summed E-state index contributed by atoms with van der Waals surface area (Å²) in [7, 11) is 0. The van der Waals surface area contributed by atoms with Crippen LogP contribution in [0.3, 0.4) is 0 Å². The Morgan fingerprint density at radius 1 is 1.20 bits per heavy atom. The molecule has 2 amide bonds. The van der Waals surface area contributed by atoms with Gasteiger partial charge in [-0.05, 0) is 18.9 Å². The van der Waals surface area contributed by atoms with Crippen LogP contribution in [0.15, 0.2) is 18.5 Å². The number of carbonyl (C=O) groups excluding carboxylic acids is 2. The monoisotopic (exact) mass is 276 g/mol. The van der Waals surface area contributed by atoms with E-state index >= 15 is 0 Å². The van der Waals surface area contributed by atoms with Gasteiger partial charge in [0.25, 0.3) is 0 Å². The number of hydrogen-bond donors (Lipinski definition) is 1. The number of piperazine rings is 1. The molecule has 0 atom stereocenters. The van der Waals surface area contributed by atoms with Crippen LogP contribution < -0.4 is 5.32 Å². The van der Waals surface area contributed by atoms with Crippen molar-refractivity contribution in [2.24, 2.45) is 0 Å². The van der Waals surface area contributed by atoms with Crippen LogP contribution in [0.2, 0.25) is 0 Å². The molecular formula is C14H20N4O2. The molecule has 1 aromatic rings. The molecule has 2 aliphatic rings. The molecule has 0 bridgehead atoms. The second-order valence-corrected chi connectivity index (χ2v) is 5.69. The SMILES string of the molecule is O=C1CN(CCn2cccn2)C(=O)C2(CCCCC2)N1. The van der Waals surface area contributed by atoms with Gasteiger partial charge in [-0.3, -0.25) is 14.3 Å². The molecule has 1 N–H and O–H groups in total. The van der Waals surface area contributed by atoms with Crippen molar-refractivity contribution in [3.05, 3.63) is 18.5 Å². The van der Waals surface area contributed by atoms with Gasteiger partial charge < -0.3 is 10.2 Å². The lowest BCUT2D eigenvalue weighted by atomic mass is 9.79. The van der Waals surface area contributed by atoms with E-state index in [2.05, 4.69) is 10.4 Å². The molecule has 1 saturated heterocycles. The number of nitrogens with one attached hydrogen (secondary N) is 1. The van der Waals surface area contributed by atoms with E-state index in [1.807, 2.05) is 12.3 Å². The van der Waals surface area contributed by atoms with Crippen LogP contribution in [0.25, 0.3) is 0 Å². The minimum atomic E-state index is -0.627. The van der Waals surface area contributed by atoms with Crippen molar-refractivity contribution in [3.63, 3.8) is 0 Å². The summed E-state index contributed by atoms with van der Waals surface area (Å²) in [5, 5.41) is 7.08. The van der Waals surface area contributed by atoms with Crippen molar-refractivity contribution in [2.45, 2.75) is 44.2 Å². The molecule has 2 heterocycles. The van der Waals surface area contributed by atoms with E-state index in [9.17, 15) is 9.59 Å². The Balaban J connectivity index is 1.70. The first kappa shape index (κ1) is 13.1. The second-order valence-electron chi connectivity index (χ2n) is 5.69. The van der Waals surface area contributed by atoms with Crippen molar-refractivity contribution in [3.8, 4) is 0 Å². The highest BCUT2D eigenvalue weighted by Crippen LogP contribution is 2.31. The van der Waals surface area contributed by atoms with Crippen molar-refractivity contribution >= 4 is 11.8 Å². The maximum atomic E-state index is 12.7. The molecule has 1 aromatic heterocycles. The Kier molecular flexibility index (Phi) is 3.46. The van der Waals surface area contributed by atoms with Gasteiger partial charge in [0.2, 0.25) is 11.8 Å². The molecule has 6 nitrogen and oxygen atoms in total. The van der Waals surface area contributed by atoms with E-state index in [1.54, 1.807) is 15.8 Å². The predicted octanol–water partition coefficient (Wildman–Crippen LogP) is 0.544. The summed E-state index contributed by atoms with van der Waals surface area (Å²) in [4.78, 5) is 26.3. The summed E-state index contributed by atoms with van der Waals surface area (Å²) >= 11 is 0. The van der Waals surface area contributed by atoms with Crippen molar-refractivity contribution in [1.29, 1.82) is 0 Å². The van der Waals surface area contributed by atoms with E-state index in [1.165, 1.54) is 0 Å². The van der Waals surface area contributed by atoms with Crippen LogP contribution in [0.5, 0.6) is 0 Å². The highest BCUT2D eigenvalue weighted by atomic mass is 16.2. The topological polar surface area (TPSA) is 67.2 Å². The number of amides is 2. The van der Waals surface area contributed by atoms with E-state index in [-0.39, 0.29) is 18.4 Å². The van der Waals surface area contributed by atoms with E-state index in [0.29, 0.717) is 13.1 Å². The molecule has 6 heteroatoms. The molecule has 1 saturated carbocycles. The molecule has 1 spiro atoms. The zero-order valence-corrected chi connectivity index (χ0v) is 11.5. The fraction of sp³-hybridized carbons (Fsp3) is 0.643. The molecule has 0 unspecified atom stereocenters. The second kappa shape index (κ2) is 5.26. The minimum absolute atomic E-state index is 0.0352. The Bertz CT molecular complexity index is 491. The van der Waals surface area contributed by atoms with Gasteiger partial charge in [0.1, 0.15) is 5.54 Å². The Morgan fingerprint density at radius 3 is 2.70 bits per heavy atom. The fourth-order valence-corrected chi connectivity index (χ4v) is 3.24. The lowest BCUT2D eigenvalue weighted by Crippen LogP contribution is -2.67. The average molecular weight is 276 g/mol. The molecule has 3 rings (SSSR count). The number of nitrogens with zero attached hydrogens (tertiary/aromatic N) is 3. The third-order valence-electron chi connectivity index (χ3n) is 4.28. The number of aromatic nitrogens is 2. The third-order valence-corrected chi connectivity index (χ3v) is 4.28.